The van der Waals surface area contributed by atoms with Crippen molar-refractivity contribution in [2.75, 3.05) is 38.2 Å². The van der Waals surface area contributed by atoms with Gasteiger partial charge >= 0.3 is 0 Å². The van der Waals surface area contributed by atoms with Gasteiger partial charge in [-0.05, 0) is 38.1 Å². The SMILES string of the molecule is CCNCC1CCN(C(=O)C(C)CSC)CC1. The molecule has 0 aromatic carbocycles. The molecule has 1 fully saturated rings. The van der Waals surface area contributed by atoms with Crippen LogP contribution in [0.3, 0.4) is 0 Å². The largest absolute Gasteiger partial charge is 0.342 e. The first-order valence-electron chi connectivity index (χ1n) is 6.67. The van der Waals surface area contributed by atoms with Crippen LogP contribution in [0.1, 0.15) is 26.7 Å². The predicted octanol–water partition coefficient (Wildman–Crippen LogP) is 1.83. The van der Waals surface area contributed by atoms with Crippen molar-refractivity contribution in [2.24, 2.45) is 11.8 Å². The number of carbonyl (C=O) groups excluding carboxylic acids is 1. The first-order chi connectivity index (χ1) is 8.19. The molecule has 0 aliphatic carbocycles. The second kappa shape index (κ2) is 7.98. The van der Waals surface area contributed by atoms with E-state index in [1.807, 2.05) is 6.92 Å². The van der Waals surface area contributed by atoms with Crippen LogP contribution < -0.4 is 5.32 Å². The first-order valence-corrected chi connectivity index (χ1v) is 8.06. The van der Waals surface area contributed by atoms with E-state index in [1.165, 1.54) is 0 Å². The van der Waals surface area contributed by atoms with E-state index in [0.717, 1.165) is 50.7 Å². The zero-order valence-corrected chi connectivity index (χ0v) is 12.2. The Morgan fingerprint density at radius 2 is 2.12 bits per heavy atom. The van der Waals surface area contributed by atoms with Crippen molar-refractivity contribution in [1.29, 1.82) is 0 Å². The molecule has 4 heteroatoms. The fourth-order valence-electron chi connectivity index (χ4n) is 2.34. The van der Waals surface area contributed by atoms with Gasteiger partial charge in [0.15, 0.2) is 0 Å². The maximum atomic E-state index is 12.1. The Bertz CT molecular complexity index is 227. The Morgan fingerprint density at radius 1 is 1.47 bits per heavy atom. The molecule has 1 rings (SSSR count). The van der Waals surface area contributed by atoms with Gasteiger partial charge in [0, 0.05) is 24.8 Å². The van der Waals surface area contributed by atoms with Gasteiger partial charge in [0.25, 0.3) is 0 Å². The first kappa shape index (κ1) is 14.8. The fourth-order valence-corrected chi connectivity index (χ4v) is 2.98. The summed E-state index contributed by atoms with van der Waals surface area (Å²) in [7, 11) is 0. The van der Waals surface area contributed by atoms with Gasteiger partial charge in [-0.25, -0.2) is 0 Å². The molecule has 0 radical (unpaired) electrons. The van der Waals surface area contributed by atoms with Gasteiger partial charge in [0.2, 0.25) is 5.91 Å². The normalized spacial score (nSPS) is 19.4. The lowest BCUT2D eigenvalue weighted by atomic mass is 9.96. The number of hydrogen-bond acceptors (Lipinski definition) is 3. The lowest BCUT2D eigenvalue weighted by molar-refractivity contribution is -0.135. The van der Waals surface area contributed by atoms with Gasteiger partial charge < -0.3 is 10.2 Å². The Morgan fingerprint density at radius 3 is 2.65 bits per heavy atom. The van der Waals surface area contributed by atoms with Crippen LogP contribution in [0.25, 0.3) is 0 Å². The van der Waals surface area contributed by atoms with Crippen LogP contribution in [0.4, 0.5) is 0 Å². The van der Waals surface area contributed by atoms with E-state index in [9.17, 15) is 4.79 Å². The minimum Gasteiger partial charge on any atom is -0.342 e. The Hall–Kier alpha value is -0.220. The minimum atomic E-state index is 0.176. The monoisotopic (exact) mass is 258 g/mol. The third kappa shape index (κ3) is 4.88. The van der Waals surface area contributed by atoms with Crippen LogP contribution in [0.15, 0.2) is 0 Å². The van der Waals surface area contributed by atoms with Gasteiger partial charge in [0.05, 0.1) is 0 Å². The number of carbonyl (C=O) groups is 1. The van der Waals surface area contributed by atoms with Crippen LogP contribution in [-0.4, -0.2) is 49.0 Å². The molecule has 1 N–H and O–H groups in total. The van der Waals surface area contributed by atoms with Crippen LogP contribution in [0.5, 0.6) is 0 Å². The van der Waals surface area contributed by atoms with Crippen molar-refractivity contribution in [3.8, 4) is 0 Å². The summed E-state index contributed by atoms with van der Waals surface area (Å²) in [6, 6.07) is 0. The van der Waals surface area contributed by atoms with Gasteiger partial charge in [-0.15, -0.1) is 0 Å². The standard InChI is InChI=1S/C13H26N2OS/c1-4-14-9-12-5-7-15(8-6-12)13(16)11(2)10-17-3/h11-12,14H,4-10H2,1-3H3. The molecule has 100 valence electrons. The van der Waals surface area contributed by atoms with Crippen LogP contribution in [0, 0.1) is 11.8 Å². The maximum Gasteiger partial charge on any atom is 0.226 e. The second-order valence-electron chi connectivity index (χ2n) is 4.93. The molecule has 1 aliphatic rings. The molecule has 0 spiro atoms. The molecule has 1 amide bonds. The summed E-state index contributed by atoms with van der Waals surface area (Å²) in [6.07, 6.45) is 4.38. The molecule has 1 atom stereocenters. The summed E-state index contributed by atoms with van der Waals surface area (Å²) < 4.78 is 0. The van der Waals surface area contributed by atoms with Crippen molar-refractivity contribution in [1.82, 2.24) is 10.2 Å². The average Bonchev–Trinajstić information content (AvgIpc) is 2.36. The van der Waals surface area contributed by atoms with E-state index in [2.05, 4.69) is 23.4 Å². The Kier molecular flexibility index (Phi) is 6.97. The van der Waals surface area contributed by atoms with Crippen LogP contribution in [0.2, 0.25) is 0 Å². The van der Waals surface area contributed by atoms with Crippen LogP contribution in [-0.2, 0) is 4.79 Å². The number of nitrogens with zero attached hydrogens (tertiary/aromatic N) is 1. The number of amides is 1. The lowest BCUT2D eigenvalue weighted by Gasteiger charge is -2.33. The van der Waals surface area contributed by atoms with Gasteiger partial charge in [0.1, 0.15) is 0 Å². The molecule has 1 heterocycles. The van der Waals surface area contributed by atoms with E-state index in [-0.39, 0.29) is 5.92 Å². The van der Waals surface area contributed by atoms with E-state index in [1.54, 1.807) is 11.8 Å². The van der Waals surface area contributed by atoms with Crippen LogP contribution >= 0.6 is 11.8 Å². The molecule has 0 aromatic rings. The quantitative estimate of drug-likeness (QED) is 0.789. The highest BCUT2D eigenvalue weighted by Gasteiger charge is 2.25. The number of rotatable bonds is 6. The summed E-state index contributed by atoms with van der Waals surface area (Å²) in [6.45, 7) is 8.25. The van der Waals surface area contributed by atoms with Crippen molar-refractivity contribution < 1.29 is 4.79 Å². The summed E-state index contributed by atoms with van der Waals surface area (Å²) in [5, 5.41) is 3.40. The van der Waals surface area contributed by atoms with Gasteiger partial charge in [-0.1, -0.05) is 13.8 Å². The van der Waals surface area contributed by atoms with E-state index in [4.69, 9.17) is 0 Å². The molecule has 1 unspecified atom stereocenters. The second-order valence-corrected chi connectivity index (χ2v) is 5.84. The average molecular weight is 258 g/mol. The molecule has 0 saturated carbocycles. The highest BCUT2D eigenvalue weighted by molar-refractivity contribution is 7.98. The number of hydrogen-bond donors (Lipinski definition) is 1. The summed E-state index contributed by atoms with van der Waals surface area (Å²) in [5.41, 5.74) is 0. The molecule has 3 nitrogen and oxygen atoms in total. The Balaban J connectivity index is 2.28. The third-order valence-electron chi connectivity index (χ3n) is 3.45. The molecule has 17 heavy (non-hydrogen) atoms. The van der Waals surface area contributed by atoms with Crippen molar-refractivity contribution in [3.63, 3.8) is 0 Å². The number of thioether (sulfide) groups is 1. The van der Waals surface area contributed by atoms with E-state index in [0.29, 0.717) is 5.91 Å². The smallest absolute Gasteiger partial charge is 0.226 e. The molecule has 0 aromatic heterocycles. The maximum absolute atomic E-state index is 12.1. The zero-order chi connectivity index (χ0) is 12.7. The molecule has 1 saturated heterocycles. The Labute approximate surface area is 110 Å². The highest BCUT2D eigenvalue weighted by Crippen LogP contribution is 2.19. The minimum absolute atomic E-state index is 0.176. The van der Waals surface area contributed by atoms with E-state index >= 15 is 0 Å². The van der Waals surface area contributed by atoms with Crippen molar-refractivity contribution in [3.05, 3.63) is 0 Å². The zero-order valence-electron chi connectivity index (χ0n) is 11.4. The number of piperidine rings is 1. The predicted molar refractivity (Wildman–Crippen MR) is 75.4 cm³/mol. The lowest BCUT2D eigenvalue weighted by Crippen LogP contribution is -2.43. The number of likely N-dealkylation sites (tertiary alicyclic amines) is 1. The van der Waals surface area contributed by atoms with Gasteiger partial charge in [-0.3, -0.25) is 4.79 Å². The molecule has 0 bridgehead atoms. The number of nitrogens with one attached hydrogen (secondary N) is 1. The topological polar surface area (TPSA) is 32.3 Å². The summed E-state index contributed by atoms with van der Waals surface area (Å²) >= 11 is 1.76. The van der Waals surface area contributed by atoms with Gasteiger partial charge in [-0.2, -0.15) is 11.8 Å². The van der Waals surface area contributed by atoms with Crippen molar-refractivity contribution >= 4 is 17.7 Å². The highest BCUT2D eigenvalue weighted by atomic mass is 32.2. The molecular weight excluding hydrogens is 232 g/mol. The summed E-state index contributed by atoms with van der Waals surface area (Å²) in [4.78, 5) is 14.2. The third-order valence-corrected chi connectivity index (χ3v) is 4.28. The molecular formula is C13H26N2OS. The fraction of sp³-hybridized carbons (Fsp3) is 0.923. The summed E-state index contributed by atoms with van der Waals surface area (Å²) in [5.74, 6) is 2.22. The van der Waals surface area contributed by atoms with E-state index < -0.39 is 0 Å². The van der Waals surface area contributed by atoms with Crippen molar-refractivity contribution in [2.45, 2.75) is 26.7 Å². The molecule has 1 aliphatic heterocycles.